The minimum atomic E-state index is -1.12. The highest BCUT2D eigenvalue weighted by molar-refractivity contribution is 9.10. The lowest BCUT2D eigenvalue weighted by atomic mass is 10.1. The predicted octanol–water partition coefficient (Wildman–Crippen LogP) is 2.08. The van der Waals surface area contributed by atoms with E-state index in [9.17, 15) is 9.18 Å². The zero-order valence-electron chi connectivity index (χ0n) is 9.53. The van der Waals surface area contributed by atoms with Crippen LogP contribution >= 0.6 is 15.9 Å². The molecule has 1 aromatic rings. The normalized spacial score (nSPS) is 16.4. The first-order valence-electron chi connectivity index (χ1n) is 5.60. The summed E-state index contributed by atoms with van der Waals surface area (Å²) in [6.07, 6.45) is 2.11. The van der Waals surface area contributed by atoms with Gasteiger partial charge in [0.25, 0.3) is 0 Å². The van der Waals surface area contributed by atoms with Gasteiger partial charge in [-0.3, -0.25) is 4.79 Å². The Morgan fingerprint density at radius 2 is 2.28 bits per heavy atom. The van der Waals surface area contributed by atoms with Crippen molar-refractivity contribution in [1.82, 2.24) is 0 Å². The Hall–Kier alpha value is -1.14. The van der Waals surface area contributed by atoms with Crippen LogP contribution in [0.5, 0.6) is 5.75 Å². The van der Waals surface area contributed by atoms with Gasteiger partial charge in [0.2, 0.25) is 0 Å². The summed E-state index contributed by atoms with van der Waals surface area (Å²) in [5.74, 6) is -1.07. The Bertz CT molecular complexity index is 477. The summed E-state index contributed by atoms with van der Waals surface area (Å²) in [5, 5.41) is 8.80. The van der Waals surface area contributed by atoms with Gasteiger partial charge >= 0.3 is 5.97 Å². The molecule has 2 rings (SSSR count). The molecule has 0 aliphatic heterocycles. The minimum Gasteiger partial charge on any atom is -0.489 e. The van der Waals surface area contributed by atoms with E-state index in [-0.39, 0.29) is 12.5 Å². The van der Waals surface area contributed by atoms with Crippen molar-refractivity contribution in [2.75, 3.05) is 0 Å². The van der Waals surface area contributed by atoms with Crippen molar-refractivity contribution in [2.24, 2.45) is 5.73 Å². The number of benzene rings is 1. The number of carboxylic acid groups (broad SMARTS) is 1. The lowest BCUT2D eigenvalue weighted by molar-refractivity contribution is -0.138. The Morgan fingerprint density at radius 3 is 2.83 bits per heavy atom. The summed E-state index contributed by atoms with van der Waals surface area (Å²) in [5.41, 5.74) is 5.95. The molecule has 1 unspecified atom stereocenters. The summed E-state index contributed by atoms with van der Waals surface area (Å²) >= 11 is 3.23. The van der Waals surface area contributed by atoms with Gasteiger partial charge in [0.15, 0.2) is 0 Å². The average molecular weight is 318 g/mol. The van der Waals surface area contributed by atoms with E-state index in [1.165, 1.54) is 12.1 Å². The molecule has 1 fully saturated rings. The number of carbonyl (C=O) groups is 1. The van der Waals surface area contributed by atoms with Crippen LogP contribution in [0.15, 0.2) is 16.6 Å². The molecule has 0 bridgehead atoms. The Labute approximate surface area is 112 Å². The molecule has 0 radical (unpaired) electrons. The maximum absolute atomic E-state index is 13.3. The van der Waals surface area contributed by atoms with E-state index < -0.39 is 17.8 Å². The Morgan fingerprint density at radius 1 is 1.61 bits per heavy atom. The van der Waals surface area contributed by atoms with Crippen molar-refractivity contribution < 1.29 is 19.0 Å². The zero-order valence-corrected chi connectivity index (χ0v) is 11.1. The van der Waals surface area contributed by atoms with Crippen LogP contribution in [-0.2, 0) is 11.2 Å². The fraction of sp³-hybridized carbons (Fsp3) is 0.417. The van der Waals surface area contributed by atoms with Gasteiger partial charge in [-0.25, -0.2) is 4.39 Å². The van der Waals surface area contributed by atoms with E-state index in [4.69, 9.17) is 15.6 Å². The van der Waals surface area contributed by atoms with E-state index in [2.05, 4.69) is 15.9 Å². The van der Waals surface area contributed by atoms with E-state index in [0.717, 1.165) is 12.8 Å². The molecule has 1 aliphatic rings. The number of nitrogens with two attached hydrogens (primary N) is 1. The molecule has 98 valence electrons. The van der Waals surface area contributed by atoms with Crippen LogP contribution in [0.1, 0.15) is 18.4 Å². The monoisotopic (exact) mass is 317 g/mol. The van der Waals surface area contributed by atoms with Gasteiger partial charge in [-0.05, 0) is 40.9 Å². The topological polar surface area (TPSA) is 72.5 Å². The largest absolute Gasteiger partial charge is 0.489 e. The van der Waals surface area contributed by atoms with Gasteiger partial charge < -0.3 is 15.6 Å². The Kier molecular flexibility index (Phi) is 3.87. The second-order valence-corrected chi connectivity index (χ2v) is 5.20. The molecular formula is C12H13BrFNO3. The molecule has 4 nitrogen and oxygen atoms in total. The molecule has 0 spiro atoms. The standard InChI is InChI=1S/C12H13BrFNO3/c13-9-5-7(14)3-6(4-10(15)12(16)17)11(9)18-8-1-2-8/h3,5,8,10H,1-2,4,15H2,(H,16,17). The molecular weight excluding hydrogens is 305 g/mol. The van der Waals surface area contributed by atoms with E-state index >= 15 is 0 Å². The average Bonchev–Trinajstić information content (AvgIpc) is 3.06. The third-order valence-electron chi connectivity index (χ3n) is 2.65. The van der Waals surface area contributed by atoms with E-state index in [0.29, 0.717) is 15.8 Å². The number of aliphatic carboxylic acids is 1. The second-order valence-electron chi connectivity index (χ2n) is 4.34. The highest BCUT2D eigenvalue weighted by Gasteiger charge is 2.27. The van der Waals surface area contributed by atoms with Crippen molar-refractivity contribution in [3.05, 3.63) is 28.0 Å². The third kappa shape index (κ3) is 3.20. The van der Waals surface area contributed by atoms with Crippen molar-refractivity contribution in [3.8, 4) is 5.75 Å². The first-order chi connectivity index (χ1) is 8.47. The first kappa shape index (κ1) is 13.3. The smallest absolute Gasteiger partial charge is 0.320 e. The van der Waals surface area contributed by atoms with Crippen molar-refractivity contribution >= 4 is 21.9 Å². The number of hydrogen-bond donors (Lipinski definition) is 2. The maximum Gasteiger partial charge on any atom is 0.320 e. The summed E-state index contributed by atoms with van der Waals surface area (Å²) in [6, 6.07) is 1.50. The molecule has 6 heteroatoms. The quantitative estimate of drug-likeness (QED) is 0.872. The number of carboxylic acids is 1. The third-order valence-corrected chi connectivity index (χ3v) is 3.24. The van der Waals surface area contributed by atoms with E-state index in [1.54, 1.807) is 0 Å². The SMILES string of the molecule is NC(Cc1cc(F)cc(Br)c1OC1CC1)C(=O)O. The van der Waals surface area contributed by atoms with Crippen molar-refractivity contribution in [3.63, 3.8) is 0 Å². The molecule has 1 saturated carbocycles. The molecule has 1 atom stereocenters. The molecule has 0 amide bonds. The lowest BCUT2D eigenvalue weighted by Gasteiger charge is -2.15. The summed E-state index contributed by atoms with van der Waals surface area (Å²) in [7, 11) is 0. The van der Waals surface area contributed by atoms with E-state index in [1.807, 2.05) is 0 Å². The number of ether oxygens (including phenoxy) is 1. The molecule has 1 aliphatic carbocycles. The molecule has 0 aromatic heterocycles. The predicted molar refractivity (Wildman–Crippen MR) is 67.1 cm³/mol. The van der Waals surface area contributed by atoms with Gasteiger partial charge in [-0.15, -0.1) is 0 Å². The molecule has 0 heterocycles. The lowest BCUT2D eigenvalue weighted by Crippen LogP contribution is -2.32. The summed E-state index contributed by atoms with van der Waals surface area (Å²) in [4.78, 5) is 10.7. The van der Waals surface area contributed by atoms with Gasteiger partial charge in [0.05, 0.1) is 10.6 Å². The van der Waals surface area contributed by atoms with Gasteiger partial charge in [0.1, 0.15) is 17.6 Å². The first-order valence-corrected chi connectivity index (χ1v) is 6.39. The van der Waals surface area contributed by atoms with Crippen LogP contribution in [0.25, 0.3) is 0 Å². The van der Waals surface area contributed by atoms with Crippen molar-refractivity contribution in [2.45, 2.75) is 31.4 Å². The fourth-order valence-electron chi connectivity index (χ4n) is 1.57. The highest BCUT2D eigenvalue weighted by atomic mass is 79.9. The summed E-state index contributed by atoms with van der Waals surface area (Å²) < 4.78 is 19.5. The second kappa shape index (κ2) is 5.24. The highest BCUT2D eigenvalue weighted by Crippen LogP contribution is 2.36. The van der Waals surface area contributed by atoms with Crippen LogP contribution in [-0.4, -0.2) is 23.2 Å². The maximum atomic E-state index is 13.3. The number of rotatable bonds is 5. The number of hydrogen-bond acceptors (Lipinski definition) is 3. The van der Waals surface area contributed by atoms with Crippen LogP contribution in [0, 0.1) is 5.82 Å². The fourth-order valence-corrected chi connectivity index (χ4v) is 2.14. The minimum absolute atomic E-state index is 0.0355. The van der Waals surface area contributed by atoms with Crippen LogP contribution in [0.2, 0.25) is 0 Å². The van der Waals surface area contributed by atoms with Crippen LogP contribution < -0.4 is 10.5 Å². The molecule has 0 saturated heterocycles. The molecule has 3 N–H and O–H groups in total. The van der Waals surface area contributed by atoms with Gasteiger partial charge in [-0.1, -0.05) is 0 Å². The zero-order chi connectivity index (χ0) is 13.3. The van der Waals surface area contributed by atoms with Gasteiger partial charge in [0, 0.05) is 12.0 Å². The van der Waals surface area contributed by atoms with Gasteiger partial charge in [-0.2, -0.15) is 0 Å². The number of halogens is 2. The molecule has 1 aromatic carbocycles. The Balaban J connectivity index is 2.27. The summed E-state index contributed by atoms with van der Waals surface area (Å²) in [6.45, 7) is 0. The van der Waals surface area contributed by atoms with Crippen LogP contribution in [0.4, 0.5) is 4.39 Å². The van der Waals surface area contributed by atoms with Crippen LogP contribution in [0.3, 0.4) is 0 Å². The molecule has 18 heavy (non-hydrogen) atoms. The van der Waals surface area contributed by atoms with Crippen molar-refractivity contribution in [1.29, 1.82) is 0 Å².